The second kappa shape index (κ2) is 4.98. The molecular formula is C11H16N2O2. The van der Waals surface area contributed by atoms with Crippen LogP contribution < -0.4 is 10.6 Å². The van der Waals surface area contributed by atoms with Crippen molar-refractivity contribution in [3.05, 3.63) is 24.2 Å². The van der Waals surface area contributed by atoms with E-state index in [4.69, 9.17) is 4.42 Å². The molecule has 0 aliphatic heterocycles. The van der Waals surface area contributed by atoms with Crippen LogP contribution in [0.1, 0.15) is 18.4 Å². The van der Waals surface area contributed by atoms with Gasteiger partial charge < -0.3 is 15.1 Å². The zero-order chi connectivity index (χ0) is 10.5. The summed E-state index contributed by atoms with van der Waals surface area (Å²) in [5, 5.41) is 5.96. The number of hydrogen-bond acceptors (Lipinski definition) is 3. The number of furan rings is 1. The topological polar surface area (TPSA) is 54.3 Å². The molecule has 0 radical (unpaired) electrons. The minimum Gasteiger partial charge on any atom is -0.472 e. The van der Waals surface area contributed by atoms with Crippen molar-refractivity contribution in [2.75, 3.05) is 13.1 Å². The SMILES string of the molecule is O=C(CNCc1ccoc1)NCC1CC1. The van der Waals surface area contributed by atoms with Gasteiger partial charge in [0.15, 0.2) is 0 Å². The predicted molar refractivity (Wildman–Crippen MR) is 56.1 cm³/mol. The Morgan fingerprint density at radius 3 is 3.07 bits per heavy atom. The number of rotatable bonds is 6. The van der Waals surface area contributed by atoms with Crippen LogP contribution in [0.15, 0.2) is 23.0 Å². The second-order valence-electron chi connectivity index (χ2n) is 3.98. The first kappa shape index (κ1) is 10.2. The standard InChI is InChI=1S/C11H16N2O2/c14-11(13-6-9-1-2-9)7-12-5-10-3-4-15-8-10/h3-4,8-9,12H,1-2,5-7H2,(H,13,14). The van der Waals surface area contributed by atoms with Gasteiger partial charge in [-0.15, -0.1) is 0 Å². The van der Waals surface area contributed by atoms with Gasteiger partial charge in [0.1, 0.15) is 0 Å². The first-order chi connectivity index (χ1) is 7.34. The van der Waals surface area contributed by atoms with E-state index in [0.29, 0.717) is 13.1 Å². The average molecular weight is 208 g/mol. The van der Waals surface area contributed by atoms with Crippen LogP contribution in [-0.4, -0.2) is 19.0 Å². The molecule has 2 rings (SSSR count). The second-order valence-corrected chi connectivity index (χ2v) is 3.98. The minimum absolute atomic E-state index is 0.0744. The van der Waals surface area contributed by atoms with Gasteiger partial charge in [-0.1, -0.05) is 0 Å². The Morgan fingerprint density at radius 2 is 2.40 bits per heavy atom. The fourth-order valence-corrected chi connectivity index (χ4v) is 1.36. The number of nitrogens with one attached hydrogen (secondary N) is 2. The normalized spacial score (nSPS) is 15.2. The highest BCUT2D eigenvalue weighted by Crippen LogP contribution is 2.27. The highest BCUT2D eigenvalue weighted by Gasteiger charge is 2.21. The van der Waals surface area contributed by atoms with Crippen molar-refractivity contribution in [1.82, 2.24) is 10.6 Å². The van der Waals surface area contributed by atoms with E-state index in [1.165, 1.54) is 12.8 Å². The van der Waals surface area contributed by atoms with Gasteiger partial charge in [-0.25, -0.2) is 0 Å². The maximum Gasteiger partial charge on any atom is 0.233 e. The van der Waals surface area contributed by atoms with Gasteiger partial charge in [0, 0.05) is 18.7 Å². The van der Waals surface area contributed by atoms with Gasteiger partial charge in [0.05, 0.1) is 19.1 Å². The van der Waals surface area contributed by atoms with Crippen LogP contribution in [-0.2, 0) is 11.3 Å². The fourth-order valence-electron chi connectivity index (χ4n) is 1.36. The Balaban J connectivity index is 1.54. The zero-order valence-corrected chi connectivity index (χ0v) is 8.66. The van der Waals surface area contributed by atoms with Crippen LogP contribution in [0, 0.1) is 5.92 Å². The lowest BCUT2D eigenvalue weighted by Crippen LogP contribution is -2.34. The van der Waals surface area contributed by atoms with Crippen LogP contribution in [0.5, 0.6) is 0 Å². The summed E-state index contributed by atoms with van der Waals surface area (Å²) < 4.78 is 4.92. The minimum atomic E-state index is 0.0744. The summed E-state index contributed by atoms with van der Waals surface area (Å²) >= 11 is 0. The molecular weight excluding hydrogens is 192 g/mol. The Labute approximate surface area is 89.0 Å². The fraction of sp³-hybridized carbons (Fsp3) is 0.545. The smallest absolute Gasteiger partial charge is 0.233 e. The first-order valence-corrected chi connectivity index (χ1v) is 5.33. The lowest BCUT2D eigenvalue weighted by Gasteiger charge is -2.04. The molecule has 1 amide bonds. The zero-order valence-electron chi connectivity index (χ0n) is 8.66. The molecule has 1 aromatic heterocycles. The number of hydrogen-bond donors (Lipinski definition) is 2. The van der Waals surface area contributed by atoms with E-state index in [1.54, 1.807) is 12.5 Å². The molecule has 0 spiro atoms. The maximum absolute atomic E-state index is 11.3. The molecule has 0 saturated heterocycles. The predicted octanol–water partition coefficient (Wildman–Crippen LogP) is 0.895. The van der Waals surface area contributed by atoms with Gasteiger partial charge in [-0.2, -0.15) is 0 Å². The van der Waals surface area contributed by atoms with E-state index in [0.717, 1.165) is 18.0 Å². The summed E-state index contributed by atoms with van der Waals surface area (Å²) in [6.45, 7) is 1.89. The van der Waals surface area contributed by atoms with Gasteiger partial charge in [0.2, 0.25) is 5.91 Å². The molecule has 15 heavy (non-hydrogen) atoms. The molecule has 4 heteroatoms. The first-order valence-electron chi connectivity index (χ1n) is 5.33. The molecule has 0 atom stereocenters. The van der Waals surface area contributed by atoms with Gasteiger partial charge in [-0.05, 0) is 24.8 Å². The van der Waals surface area contributed by atoms with Crippen molar-refractivity contribution in [3.63, 3.8) is 0 Å². The third kappa shape index (κ3) is 3.75. The summed E-state index contributed by atoms with van der Waals surface area (Å²) in [4.78, 5) is 11.3. The van der Waals surface area contributed by atoms with E-state index < -0.39 is 0 Å². The molecule has 2 N–H and O–H groups in total. The Kier molecular flexibility index (Phi) is 3.40. The van der Waals surface area contributed by atoms with Crippen molar-refractivity contribution >= 4 is 5.91 Å². The van der Waals surface area contributed by atoms with Gasteiger partial charge in [0.25, 0.3) is 0 Å². The summed E-state index contributed by atoms with van der Waals surface area (Å²) in [5.74, 6) is 0.813. The summed E-state index contributed by atoms with van der Waals surface area (Å²) in [5.41, 5.74) is 1.06. The monoisotopic (exact) mass is 208 g/mol. The molecule has 0 bridgehead atoms. The molecule has 82 valence electrons. The molecule has 0 unspecified atom stereocenters. The van der Waals surface area contributed by atoms with Crippen molar-refractivity contribution in [2.45, 2.75) is 19.4 Å². The van der Waals surface area contributed by atoms with E-state index in [2.05, 4.69) is 10.6 Å². The maximum atomic E-state index is 11.3. The molecule has 1 heterocycles. The third-order valence-corrected chi connectivity index (χ3v) is 2.48. The highest BCUT2D eigenvalue weighted by atomic mass is 16.3. The molecule has 1 saturated carbocycles. The average Bonchev–Trinajstić information content (AvgIpc) is 2.92. The van der Waals surface area contributed by atoms with E-state index in [9.17, 15) is 4.79 Å². The third-order valence-electron chi connectivity index (χ3n) is 2.48. The molecule has 4 nitrogen and oxygen atoms in total. The van der Waals surface area contributed by atoms with Crippen LogP contribution in [0.25, 0.3) is 0 Å². The van der Waals surface area contributed by atoms with Crippen LogP contribution >= 0.6 is 0 Å². The van der Waals surface area contributed by atoms with Crippen molar-refractivity contribution in [1.29, 1.82) is 0 Å². The Morgan fingerprint density at radius 1 is 1.53 bits per heavy atom. The van der Waals surface area contributed by atoms with E-state index in [1.807, 2.05) is 6.07 Å². The molecule has 1 aliphatic rings. The molecule has 0 aromatic carbocycles. The number of carbonyl (C=O) groups excluding carboxylic acids is 1. The van der Waals surface area contributed by atoms with Gasteiger partial charge >= 0.3 is 0 Å². The quantitative estimate of drug-likeness (QED) is 0.730. The van der Waals surface area contributed by atoms with Crippen molar-refractivity contribution < 1.29 is 9.21 Å². The van der Waals surface area contributed by atoms with E-state index in [-0.39, 0.29) is 5.91 Å². The molecule has 1 fully saturated rings. The summed E-state index contributed by atoms with van der Waals surface area (Å²) in [6, 6.07) is 1.88. The van der Waals surface area contributed by atoms with Crippen molar-refractivity contribution in [3.8, 4) is 0 Å². The van der Waals surface area contributed by atoms with Crippen LogP contribution in [0.4, 0.5) is 0 Å². The Bertz CT molecular complexity index is 304. The lowest BCUT2D eigenvalue weighted by atomic mass is 10.3. The summed E-state index contributed by atoms with van der Waals surface area (Å²) in [7, 11) is 0. The van der Waals surface area contributed by atoms with E-state index >= 15 is 0 Å². The largest absolute Gasteiger partial charge is 0.472 e. The van der Waals surface area contributed by atoms with Crippen molar-refractivity contribution in [2.24, 2.45) is 5.92 Å². The van der Waals surface area contributed by atoms with Gasteiger partial charge in [-0.3, -0.25) is 4.79 Å². The number of amides is 1. The molecule has 1 aromatic rings. The highest BCUT2D eigenvalue weighted by molar-refractivity contribution is 5.77. The lowest BCUT2D eigenvalue weighted by molar-refractivity contribution is -0.120. The summed E-state index contributed by atoms with van der Waals surface area (Å²) in [6.07, 6.45) is 5.84. The number of carbonyl (C=O) groups is 1. The Hall–Kier alpha value is -1.29. The molecule has 1 aliphatic carbocycles. The van der Waals surface area contributed by atoms with Crippen LogP contribution in [0.3, 0.4) is 0 Å². The van der Waals surface area contributed by atoms with Crippen LogP contribution in [0.2, 0.25) is 0 Å².